The average Bonchev–Trinajstić information content (AvgIpc) is 2.69. The summed E-state index contributed by atoms with van der Waals surface area (Å²) in [7, 11) is 0. The summed E-state index contributed by atoms with van der Waals surface area (Å²) in [6, 6.07) is 0.449. The molecule has 1 aliphatic heterocycles. The first-order valence-corrected chi connectivity index (χ1v) is 6.63. The summed E-state index contributed by atoms with van der Waals surface area (Å²) >= 11 is 0. The standard InChI is InChI=1S/C13H27N3O/c1-6-16(11-7-8-14-9-11)10(2)12(17)15-13(3,4)5/h10-11,14H,6-9H2,1-5H3,(H,15,17). The number of rotatable bonds is 4. The van der Waals surface area contributed by atoms with E-state index in [-0.39, 0.29) is 17.5 Å². The van der Waals surface area contributed by atoms with Crippen LogP contribution in [0.2, 0.25) is 0 Å². The first-order chi connectivity index (χ1) is 7.85. The second-order valence-electron chi connectivity index (χ2n) is 5.89. The summed E-state index contributed by atoms with van der Waals surface area (Å²) in [5.74, 6) is 0.131. The molecule has 0 bridgehead atoms. The summed E-state index contributed by atoms with van der Waals surface area (Å²) in [5, 5.41) is 6.41. The minimum absolute atomic E-state index is 0.0517. The molecule has 17 heavy (non-hydrogen) atoms. The third kappa shape index (κ3) is 4.28. The molecule has 2 unspecified atom stereocenters. The maximum Gasteiger partial charge on any atom is 0.237 e. The van der Waals surface area contributed by atoms with Gasteiger partial charge in [0.1, 0.15) is 0 Å². The van der Waals surface area contributed by atoms with Crippen molar-refractivity contribution in [1.29, 1.82) is 0 Å². The molecular weight excluding hydrogens is 214 g/mol. The Hall–Kier alpha value is -0.610. The van der Waals surface area contributed by atoms with Crippen LogP contribution in [0.4, 0.5) is 0 Å². The maximum absolute atomic E-state index is 12.1. The van der Waals surface area contributed by atoms with Crippen LogP contribution in [0.25, 0.3) is 0 Å². The summed E-state index contributed by atoms with van der Waals surface area (Å²) in [6.45, 7) is 13.2. The van der Waals surface area contributed by atoms with E-state index in [0.29, 0.717) is 6.04 Å². The Bertz CT molecular complexity index is 254. The monoisotopic (exact) mass is 241 g/mol. The van der Waals surface area contributed by atoms with Crippen LogP contribution in [0.1, 0.15) is 41.0 Å². The van der Waals surface area contributed by atoms with Crippen molar-refractivity contribution in [2.75, 3.05) is 19.6 Å². The lowest BCUT2D eigenvalue weighted by Crippen LogP contribution is -2.54. The van der Waals surface area contributed by atoms with Gasteiger partial charge in [0.25, 0.3) is 0 Å². The highest BCUT2D eigenvalue weighted by Gasteiger charge is 2.30. The topological polar surface area (TPSA) is 44.4 Å². The fourth-order valence-corrected chi connectivity index (χ4v) is 2.40. The number of nitrogens with one attached hydrogen (secondary N) is 2. The van der Waals surface area contributed by atoms with Crippen molar-refractivity contribution in [3.05, 3.63) is 0 Å². The molecule has 1 rings (SSSR count). The quantitative estimate of drug-likeness (QED) is 0.771. The molecule has 0 aromatic heterocycles. The second-order valence-corrected chi connectivity index (χ2v) is 5.89. The molecule has 0 aromatic rings. The average molecular weight is 241 g/mol. The summed E-state index contributed by atoms with van der Waals surface area (Å²) in [6.07, 6.45) is 1.14. The van der Waals surface area contributed by atoms with Gasteiger partial charge in [-0.1, -0.05) is 6.92 Å². The van der Waals surface area contributed by atoms with Gasteiger partial charge >= 0.3 is 0 Å². The number of nitrogens with zero attached hydrogens (tertiary/aromatic N) is 1. The van der Waals surface area contributed by atoms with Gasteiger partial charge < -0.3 is 10.6 Å². The lowest BCUT2D eigenvalue weighted by Gasteiger charge is -2.34. The Balaban J connectivity index is 2.58. The minimum atomic E-state index is -0.154. The highest BCUT2D eigenvalue weighted by atomic mass is 16.2. The maximum atomic E-state index is 12.1. The predicted molar refractivity (Wildman–Crippen MR) is 71.0 cm³/mol. The Morgan fingerprint density at radius 3 is 2.59 bits per heavy atom. The number of likely N-dealkylation sites (N-methyl/N-ethyl adjacent to an activating group) is 1. The highest BCUT2D eigenvalue weighted by Crippen LogP contribution is 2.13. The van der Waals surface area contributed by atoms with Crippen LogP contribution in [-0.4, -0.2) is 48.1 Å². The molecule has 1 aliphatic rings. The summed E-state index contributed by atoms with van der Waals surface area (Å²) in [5.41, 5.74) is -0.154. The van der Waals surface area contributed by atoms with Crippen LogP contribution < -0.4 is 10.6 Å². The van der Waals surface area contributed by atoms with Gasteiger partial charge in [0.15, 0.2) is 0 Å². The molecule has 1 fully saturated rings. The van der Waals surface area contributed by atoms with Gasteiger partial charge in [0, 0.05) is 18.1 Å². The number of hydrogen-bond acceptors (Lipinski definition) is 3. The SMILES string of the molecule is CCN(C1CCNC1)C(C)C(=O)NC(C)(C)C. The normalized spacial score (nSPS) is 22.8. The van der Waals surface area contributed by atoms with Gasteiger partial charge in [-0.25, -0.2) is 0 Å². The van der Waals surface area contributed by atoms with Crippen molar-refractivity contribution in [1.82, 2.24) is 15.5 Å². The van der Waals surface area contributed by atoms with E-state index in [1.807, 2.05) is 27.7 Å². The van der Waals surface area contributed by atoms with Crippen molar-refractivity contribution in [3.63, 3.8) is 0 Å². The summed E-state index contributed by atoms with van der Waals surface area (Å²) < 4.78 is 0. The van der Waals surface area contributed by atoms with Gasteiger partial charge in [-0.15, -0.1) is 0 Å². The van der Waals surface area contributed by atoms with E-state index in [2.05, 4.69) is 22.5 Å². The lowest BCUT2D eigenvalue weighted by atomic mass is 10.1. The molecule has 0 aromatic carbocycles. The van der Waals surface area contributed by atoms with Crippen molar-refractivity contribution >= 4 is 5.91 Å². The van der Waals surface area contributed by atoms with Gasteiger partial charge in [-0.2, -0.15) is 0 Å². The Labute approximate surface area is 105 Å². The van der Waals surface area contributed by atoms with Crippen LogP contribution in [0.5, 0.6) is 0 Å². The predicted octanol–water partition coefficient (Wildman–Crippen LogP) is 0.973. The molecular formula is C13H27N3O. The molecule has 4 nitrogen and oxygen atoms in total. The van der Waals surface area contributed by atoms with E-state index in [1.165, 1.54) is 0 Å². The van der Waals surface area contributed by atoms with Crippen LogP contribution >= 0.6 is 0 Å². The van der Waals surface area contributed by atoms with Crippen molar-refractivity contribution in [3.8, 4) is 0 Å². The minimum Gasteiger partial charge on any atom is -0.350 e. The molecule has 0 saturated carbocycles. The third-order valence-corrected chi connectivity index (χ3v) is 3.24. The molecule has 1 heterocycles. The Kier molecular flexibility index (Phi) is 4.95. The number of carbonyl (C=O) groups excluding carboxylic acids is 1. The Morgan fingerprint density at radius 2 is 2.18 bits per heavy atom. The van der Waals surface area contributed by atoms with Crippen LogP contribution in [0.15, 0.2) is 0 Å². The molecule has 0 spiro atoms. The molecule has 2 atom stereocenters. The van der Waals surface area contributed by atoms with Gasteiger partial charge in [0.05, 0.1) is 6.04 Å². The molecule has 0 aliphatic carbocycles. The smallest absolute Gasteiger partial charge is 0.237 e. The third-order valence-electron chi connectivity index (χ3n) is 3.24. The summed E-state index contributed by atoms with van der Waals surface area (Å²) in [4.78, 5) is 14.4. The second kappa shape index (κ2) is 5.83. The van der Waals surface area contributed by atoms with Gasteiger partial charge in [0.2, 0.25) is 5.91 Å². The molecule has 100 valence electrons. The van der Waals surface area contributed by atoms with Gasteiger partial charge in [-0.3, -0.25) is 9.69 Å². The van der Waals surface area contributed by atoms with E-state index in [1.54, 1.807) is 0 Å². The number of amides is 1. The van der Waals surface area contributed by atoms with E-state index >= 15 is 0 Å². The number of carbonyl (C=O) groups is 1. The van der Waals surface area contributed by atoms with Crippen LogP contribution in [0, 0.1) is 0 Å². The molecule has 0 radical (unpaired) electrons. The van der Waals surface area contributed by atoms with E-state index in [9.17, 15) is 4.79 Å². The van der Waals surface area contributed by atoms with E-state index in [0.717, 1.165) is 26.1 Å². The zero-order valence-electron chi connectivity index (χ0n) is 11.8. The first kappa shape index (κ1) is 14.5. The first-order valence-electron chi connectivity index (χ1n) is 6.63. The molecule has 1 saturated heterocycles. The fourth-order valence-electron chi connectivity index (χ4n) is 2.40. The molecule has 2 N–H and O–H groups in total. The lowest BCUT2D eigenvalue weighted by molar-refractivity contribution is -0.128. The number of hydrogen-bond donors (Lipinski definition) is 2. The highest BCUT2D eigenvalue weighted by molar-refractivity contribution is 5.82. The molecule has 1 amide bonds. The van der Waals surface area contributed by atoms with Crippen molar-refractivity contribution in [2.24, 2.45) is 0 Å². The van der Waals surface area contributed by atoms with Crippen molar-refractivity contribution in [2.45, 2.75) is 58.7 Å². The van der Waals surface area contributed by atoms with E-state index < -0.39 is 0 Å². The zero-order chi connectivity index (χ0) is 13.1. The largest absolute Gasteiger partial charge is 0.350 e. The van der Waals surface area contributed by atoms with Crippen molar-refractivity contribution < 1.29 is 4.79 Å². The van der Waals surface area contributed by atoms with Crippen LogP contribution in [-0.2, 0) is 4.79 Å². The van der Waals surface area contributed by atoms with Crippen LogP contribution in [0.3, 0.4) is 0 Å². The van der Waals surface area contributed by atoms with Gasteiger partial charge in [-0.05, 0) is 47.2 Å². The van der Waals surface area contributed by atoms with E-state index in [4.69, 9.17) is 0 Å². The Morgan fingerprint density at radius 1 is 1.53 bits per heavy atom. The molecule has 4 heteroatoms. The fraction of sp³-hybridized carbons (Fsp3) is 0.923. The zero-order valence-corrected chi connectivity index (χ0v) is 11.8.